The molecule has 0 spiro atoms. The van der Waals surface area contributed by atoms with E-state index in [1.165, 1.54) is 7.11 Å². The highest BCUT2D eigenvalue weighted by molar-refractivity contribution is 5.93. The number of ether oxygens (including phenoxy) is 3. The summed E-state index contributed by atoms with van der Waals surface area (Å²) in [5.41, 5.74) is 1.49. The van der Waals surface area contributed by atoms with Crippen LogP contribution in [0.1, 0.15) is 18.5 Å². The zero-order valence-corrected chi connectivity index (χ0v) is 15.7. The van der Waals surface area contributed by atoms with Gasteiger partial charge in [0, 0.05) is 6.07 Å². The number of rotatable bonds is 9. The minimum absolute atomic E-state index is 0.139. The van der Waals surface area contributed by atoms with Crippen molar-refractivity contribution >= 4 is 17.5 Å². The van der Waals surface area contributed by atoms with Crippen molar-refractivity contribution < 1.29 is 23.8 Å². The summed E-state index contributed by atoms with van der Waals surface area (Å²) < 4.78 is 15.5. The number of hydrogen-bond acceptors (Lipinski definition) is 5. The van der Waals surface area contributed by atoms with Crippen LogP contribution in [0.2, 0.25) is 0 Å². The molecule has 0 aliphatic rings. The van der Waals surface area contributed by atoms with E-state index in [0.717, 1.165) is 5.56 Å². The van der Waals surface area contributed by atoms with Gasteiger partial charge in [0.15, 0.2) is 0 Å². The van der Waals surface area contributed by atoms with E-state index in [4.69, 9.17) is 14.2 Å². The number of carbonyl (C=O) groups excluding carboxylic acids is 2. The molecule has 2 amide bonds. The molecule has 1 atom stereocenters. The number of benzene rings is 2. The van der Waals surface area contributed by atoms with Crippen LogP contribution in [0, 0.1) is 0 Å². The highest BCUT2D eigenvalue weighted by Gasteiger charge is 2.12. The summed E-state index contributed by atoms with van der Waals surface area (Å²) >= 11 is 0. The Morgan fingerprint density at radius 3 is 2.33 bits per heavy atom. The topological polar surface area (TPSA) is 85.9 Å². The van der Waals surface area contributed by atoms with Gasteiger partial charge in [-0.1, -0.05) is 30.3 Å². The number of amides is 2. The van der Waals surface area contributed by atoms with Gasteiger partial charge in [-0.25, -0.2) is 0 Å². The maximum Gasteiger partial charge on any atom is 0.250 e. The third-order valence-corrected chi connectivity index (χ3v) is 3.83. The van der Waals surface area contributed by atoms with Gasteiger partial charge in [-0.3, -0.25) is 9.59 Å². The molecule has 2 aromatic rings. The highest BCUT2D eigenvalue weighted by Crippen LogP contribution is 2.28. The summed E-state index contributed by atoms with van der Waals surface area (Å²) in [5.74, 6) is 0.408. The average molecular weight is 372 g/mol. The molecule has 1 unspecified atom stereocenters. The molecule has 2 N–H and O–H groups in total. The maximum absolute atomic E-state index is 12.0. The van der Waals surface area contributed by atoms with Gasteiger partial charge >= 0.3 is 0 Å². The Balaban J connectivity index is 1.76. The third-order valence-electron chi connectivity index (χ3n) is 3.83. The summed E-state index contributed by atoms with van der Waals surface area (Å²) in [6.07, 6.45) is 0. The molecular weight excluding hydrogens is 348 g/mol. The Bertz CT molecular complexity index is 764. The number of methoxy groups -OCH3 is 2. The van der Waals surface area contributed by atoms with E-state index >= 15 is 0 Å². The zero-order valence-electron chi connectivity index (χ0n) is 15.7. The Morgan fingerprint density at radius 2 is 1.67 bits per heavy atom. The quantitative estimate of drug-likeness (QED) is 0.706. The Hall–Kier alpha value is -3.06. The second-order valence-corrected chi connectivity index (χ2v) is 5.81. The number of hydrogen-bond donors (Lipinski definition) is 2. The van der Waals surface area contributed by atoms with Gasteiger partial charge in [-0.05, 0) is 24.6 Å². The van der Waals surface area contributed by atoms with Crippen molar-refractivity contribution in [2.45, 2.75) is 13.0 Å². The van der Waals surface area contributed by atoms with E-state index in [1.54, 1.807) is 25.3 Å². The molecular formula is C20H24N2O5. The lowest BCUT2D eigenvalue weighted by atomic mass is 10.1. The molecule has 0 aliphatic heterocycles. The minimum atomic E-state index is -0.387. The molecule has 27 heavy (non-hydrogen) atoms. The Kier molecular flexibility index (Phi) is 7.63. The predicted molar refractivity (Wildman–Crippen MR) is 102 cm³/mol. The van der Waals surface area contributed by atoms with E-state index in [1.807, 2.05) is 37.3 Å². The standard InChI is InChI=1S/C20H24N2O5/c1-14(15-7-5-4-6-8-15)21-19(23)12-27-13-20(24)22-17-10-9-16(25-2)11-18(17)26-3/h4-11,14H,12-13H2,1-3H3,(H,21,23)(H,22,24). The highest BCUT2D eigenvalue weighted by atomic mass is 16.5. The molecule has 0 bridgehead atoms. The van der Waals surface area contributed by atoms with Gasteiger partial charge in [0.1, 0.15) is 24.7 Å². The summed E-state index contributed by atoms with van der Waals surface area (Å²) in [6, 6.07) is 14.5. The first-order valence-corrected chi connectivity index (χ1v) is 8.47. The Morgan fingerprint density at radius 1 is 0.963 bits per heavy atom. The van der Waals surface area contributed by atoms with Crippen molar-refractivity contribution in [2.75, 3.05) is 32.8 Å². The molecule has 0 saturated carbocycles. The zero-order chi connectivity index (χ0) is 19.6. The van der Waals surface area contributed by atoms with Gasteiger partial charge in [-0.2, -0.15) is 0 Å². The molecule has 144 valence electrons. The van der Waals surface area contributed by atoms with Crippen LogP contribution in [0.25, 0.3) is 0 Å². The lowest BCUT2D eigenvalue weighted by molar-refractivity contribution is -0.129. The van der Waals surface area contributed by atoms with Gasteiger partial charge < -0.3 is 24.8 Å². The van der Waals surface area contributed by atoms with E-state index in [2.05, 4.69) is 10.6 Å². The van der Waals surface area contributed by atoms with Crippen molar-refractivity contribution in [1.82, 2.24) is 5.32 Å². The van der Waals surface area contributed by atoms with Crippen LogP contribution in [0.5, 0.6) is 11.5 Å². The second-order valence-electron chi connectivity index (χ2n) is 5.81. The van der Waals surface area contributed by atoms with Gasteiger partial charge in [0.2, 0.25) is 11.8 Å². The first-order valence-electron chi connectivity index (χ1n) is 8.47. The summed E-state index contributed by atoms with van der Waals surface area (Å²) in [4.78, 5) is 23.9. The smallest absolute Gasteiger partial charge is 0.250 e. The molecule has 0 radical (unpaired) electrons. The van der Waals surface area contributed by atoms with Gasteiger partial charge in [0.05, 0.1) is 25.9 Å². The van der Waals surface area contributed by atoms with Crippen molar-refractivity contribution in [1.29, 1.82) is 0 Å². The fourth-order valence-corrected chi connectivity index (χ4v) is 2.43. The van der Waals surface area contributed by atoms with Crippen molar-refractivity contribution in [3.63, 3.8) is 0 Å². The first-order chi connectivity index (χ1) is 13.0. The molecule has 2 aromatic carbocycles. The van der Waals surface area contributed by atoms with Crippen LogP contribution in [0.15, 0.2) is 48.5 Å². The van der Waals surface area contributed by atoms with Crippen LogP contribution >= 0.6 is 0 Å². The molecule has 7 heteroatoms. The minimum Gasteiger partial charge on any atom is -0.497 e. The maximum atomic E-state index is 12.0. The van der Waals surface area contributed by atoms with Crippen LogP contribution < -0.4 is 20.1 Å². The van der Waals surface area contributed by atoms with Gasteiger partial charge in [-0.15, -0.1) is 0 Å². The molecule has 0 fully saturated rings. The molecule has 0 aromatic heterocycles. The number of nitrogens with one attached hydrogen (secondary N) is 2. The normalized spacial score (nSPS) is 11.4. The SMILES string of the molecule is COc1ccc(NC(=O)COCC(=O)NC(C)c2ccccc2)c(OC)c1. The van der Waals surface area contributed by atoms with Crippen LogP contribution in [0.3, 0.4) is 0 Å². The van der Waals surface area contributed by atoms with Crippen LogP contribution in [0.4, 0.5) is 5.69 Å². The average Bonchev–Trinajstić information content (AvgIpc) is 2.68. The van der Waals surface area contributed by atoms with Gasteiger partial charge in [0.25, 0.3) is 0 Å². The molecule has 0 heterocycles. The lowest BCUT2D eigenvalue weighted by Gasteiger charge is -2.14. The molecule has 0 saturated heterocycles. The monoisotopic (exact) mass is 372 g/mol. The number of anilines is 1. The lowest BCUT2D eigenvalue weighted by Crippen LogP contribution is -2.31. The summed E-state index contributed by atoms with van der Waals surface area (Å²) in [7, 11) is 3.05. The molecule has 7 nitrogen and oxygen atoms in total. The fraction of sp³-hybridized carbons (Fsp3) is 0.300. The first kappa shape index (κ1) is 20.3. The van der Waals surface area contributed by atoms with Crippen molar-refractivity contribution in [3.05, 3.63) is 54.1 Å². The Labute approximate surface area is 158 Å². The second kappa shape index (κ2) is 10.2. The molecule has 2 rings (SSSR count). The number of carbonyl (C=O) groups is 2. The fourth-order valence-electron chi connectivity index (χ4n) is 2.43. The van der Waals surface area contributed by atoms with Crippen LogP contribution in [-0.2, 0) is 14.3 Å². The van der Waals surface area contributed by atoms with Crippen molar-refractivity contribution in [2.24, 2.45) is 0 Å². The van der Waals surface area contributed by atoms with E-state index in [9.17, 15) is 9.59 Å². The largest absolute Gasteiger partial charge is 0.497 e. The summed E-state index contributed by atoms with van der Waals surface area (Å²) in [6.45, 7) is 1.43. The van der Waals surface area contributed by atoms with E-state index in [0.29, 0.717) is 17.2 Å². The van der Waals surface area contributed by atoms with Crippen LogP contribution in [-0.4, -0.2) is 39.2 Å². The van der Waals surface area contributed by atoms with Crippen molar-refractivity contribution in [3.8, 4) is 11.5 Å². The molecule has 0 aliphatic carbocycles. The van der Waals surface area contributed by atoms with E-state index in [-0.39, 0.29) is 31.1 Å². The third kappa shape index (κ3) is 6.31. The van der Waals surface area contributed by atoms with E-state index < -0.39 is 0 Å². The predicted octanol–water partition coefficient (Wildman–Crippen LogP) is 2.54. The summed E-state index contributed by atoms with van der Waals surface area (Å²) in [5, 5.41) is 5.50.